The Balaban J connectivity index is 1.39. The molecule has 1 N–H and O–H groups in total. The molecule has 0 spiro atoms. The van der Waals surface area contributed by atoms with Crippen molar-refractivity contribution in [3.63, 3.8) is 0 Å². The molecule has 10 nitrogen and oxygen atoms in total. The lowest BCUT2D eigenvalue weighted by atomic mass is 9.99. The Morgan fingerprint density at radius 3 is 2.67 bits per heavy atom. The molecule has 0 aliphatic carbocycles. The second kappa shape index (κ2) is 10.8. The zero-order chi connectivity index (χ0) is 26.9. The van der Waals surface area contributed by atoms with E-state index in [1.807, 2.05) is 41.9 Å². The van der Waals surface area contributed by atoms with Crippen molar-refractivity contribution in [1.29, 1.82) is 0 Å². The Morgan fingerprint density at radius 1 is 1.10 bits per heavy atom. The number of ether oxygens (including phenoxy) is 2. The number of hydrogen-bond donors (Lipinski definition) is 1. The molecule has 0 saturated carbocycles. The number of pyridine rings is 1. The molecule has 204 valence electrons. The van der Waals surface area contributed by atoms with E-state index in [1.54, 1.807) is 7.11 Å². The highest BCUT2D eigenvalue weighted by molar-refractivity contribution is 5.85. The zero-order valence-electron chi connectivity index (χ0n) is 22.8. The van der Waals surface area contributed by atoms with Crippen LogP contribution >= 0.6 is 0 Å². The van der Waals surface area contributed by atoms with Crippen molar-refractivity contribution in [2.75, 3.05) is 44.8 Å². The quantitative estimate of drug-likeness (QED) is 0.390. The van der Waals surface area contributed by atoms with E-state index in [0.717, 1.165) is 79.1 Å². The molecule has 2 aliphatic heterocycles. The summed E-state index contributed by atoms with van der Waals surface area (Å²) in [5, 5.41) is 13.9. The number of anilines is 1. The summed E-state index contributed by atoms with van der Waals surface area (Å²) in [4.78, 5) is 21.5. The molecular weight excluding hydrogens is 494 g/mol. The van der Waals surface area contributed by atoms with Crippen molar-refractivity contribution < 1.29 is 9.47 Å². The molecule has 39 heavy (non-hydrogen) atoms. The maximum absolute atomic E-state index is 13.7. The number of H-pyrrole nitrogens is 1. The standard InChI is InChI=1S/C29H35N7O3/c1-19-10-11-20(2)26-22(19)17-23(29(37)30-26)27(28-31-32-33-36(28)18-21-7-6-16-39-21)35-14-12-34(13-15-35)24-8-4-5-9-25(24)38-3/h4-5,8-11,17,21,27H,6-7,12-16,18H2,1-3H3,(H,30,37)/t21-,27+/m0/s1. The van der Waals surface area contributed by atoms with Crippen LogP contribution in [0.4, 0.5) is 5.69 Å². The molecule has 2 fully saturated rings. The van der Waals surface area contributed by atoms with Crippen molar-refractivity contribution in [2.24, 2.45) is 0 Å². The van der Waals surface area contributed by atoms with Crippen LogP contribution in [0.3, 0.4) is 0 Å². The van der Waals surface area contributed by atoms with E-state index in [-0.39, 0.29) is 11.7 Å². The normalized spacial score (nSPS) is 19.1. The number of aromatic amines is 1. The Morgan fingerprint density at radius 2 is 1.90 bits per heavy atom. The van der Waals surface area contributed by atoms with Gasteiger partial charge in [0.05, 0.1) is 31.0 Å². The van der Waals surface area contributed by atoms with Crippen LogP contribution in [0, 0.1) is 13.8 Å². The Labute approximate surface area is 227 Å². The summed E-state index contributed by atoms with van der Waals surface area (Å²) in [6, 6.07) is 13.9. The highest BCUT2D eigenvalue weighted by Gasteiger charge is 2.34. The first kappa shape index (κ1) is 25.5. The molecule has 2 aromatic carbocycles. The molecule has 0 amide bonds. The summed E-state index contributed by atoms with van der Waals surface area (Å²) in [6.45, 7) is 8.48. The number of rotatable bonds is 7. The van der Waals surface area contributed by atoms with Crippen molar-refractivity contribution >= 4 is 16.6 Å². The fraction of sp³-hybridized carbons (Fsp3) is 0.448. The molecule has 0 unspecified atom stereocenters. The second-order valence-corrected chi connectivity index (χ2v) is 10.5. The maximum atomic E-state index is 13.7. The molecule has 10 heteroatoms. The number of fused-ring (bicyclic) bond motifs is 1. The summed E-state index contributed by atoms with van der Waals surface area (Å²) < 4.78 is 13.3. The first-order valence-electron chi connectivity index (χ1n) is 13.7. The van der Waals surface area contributed by atoms with Crippen LogP contribution in [0.5, 0.6) is 5.75 Å². The highest BCUT2D eigenvalue weighted by atomic mass is 16.5. The predicted molar refractivity (Wildman–Crippen MR) is 149 cm³/mol. The number of benzene rings is 2. The lowest BCUT2D eigenvalue weighted by Gasteiger charge is -2.40. The van der Waals surface area contributed by atoms with E-state index in [2.05, 4.69) is 49.4 Å². The average molecular weight is 530 g/mol. The zero-order valence-corrected chi connectivity index (χ0v) is 22.8. The van der Waals surface area contributed by atoms with Gasteiger partial charge >= 0.3 is 0 Å². The van der Waals surface area contributed by atoms with Gasteiger partial charge in [0.25, 0.3) is 5.56 Å². The third kappa shape index (κ3) is 4.90. The predicted octanol–water partition coefficient (Wildman–Crippen LogP) is 3.23. The van der Waals surface area contributed by atoms with Crippen molar-refractivity contribution in [2.45, 2.75) is 45.4 Å². The van der Waals surface area contributed by atoms with Crippen LogP contribution in [0.15, 0.2) is 47.3 Å². The second-order valence-electron chi connectivity index (χ2n) is 10.5. The van der Waals surface area contributed by atoms with Crippen molar-refractivity contribution in [3.8, 4) is 5.75 Å². The summed E-state index contributed by atoms with van der Waals surface area (Å²) in [5.74, 6) is 1.53. The summed E-state index contributed by atoms with van der Waals surface area (Å²) >= 11 is 0. The molecule has 2 saturated heterocycles. The molecule has 0 radical (unpaired) electrons. The van der Waals surface area contributed by atoms with Crippen LogP contribution in [0.2, 0.25) is 0 Å². The maximum Gasteiger partial charge on any atom is 0.253 e. The van der Waals surface area contributed by atoms with E-state index in [1.165, 1.54) is 0 Å². The highest BCUT2D eigenvalue weighted by Crippen LogP contribution is 2.33. The van der Waals surface area contributed by atoms with E-state index in [4.69, 9.17) is 9.47 Å². The SMILES string of the molecule is COc1ccccc1N1CCN([C@H](c2cc3c(C)ccc(C)c3[nH]c2=O)c2nnnn2C[C@@H]2CCCO2)CC1. The number of para-hydroxylation sites is 2. The van der Waals surface area contributed by atoms with Gasteiger partial charge in [-0.25, -0.2) is 4.68 Å². The first-order chi connectivity index (χ1) is 19.0. The van der Waals surface area contributed by atoms with E-state index < -0.39 is 6.04 Å². The van der Waals surface area contributed by atoms with Gasteiger partial charge in [0.2, 0.25) is 0 Å². The van der Waals surface area contributed by atoms with Crippen LogP contribution in [-0.2, 0) is 11.3 Å². The average Bonchev–Trinajstić information content (AvgIpc) is 3.65. The number of methoxy groups -OCH3 is 1. The van der Waals surface area contributed by atoms with Crippen molar-refractivity contribution in [1.82, 2.24) is 30.1 Å². The van der Waals surface area contributed by atoms with Crippen LogP contribution in [0.25, 0.3) is 10.9 Å². The third-order valence-corrected chi connectivity index (χ3v) is 8.08. The Bertz CT molecular complexity index is 1520. The van der Waals surface area contributed by atoms with Gasteiger partial charge in [-0.2, -0.15) is 0 Å². The molecule has 2 aromatic heterocycles. The topological polar surface area (TPSA) is 101 Å². The first-order valence-corrected chi connectivity index (χ1v) is 13.7. The monoisotopic (exact) mass is 529 g/mol. The summed E-state index contributed by atoms with van der Waals surface area (Å²) in [6.07, 6.45) is 2.10. The molecule has 0 bridgehead atoms. The molecule has 2 atom stereocenters. The Kier molecular flexibility index (Phi) is 7.05. The minimum absolute atomic E-state index is 0.0788. The smallest absolute Gasteiger partial charge is 0.253 e. The van der Waals surface area contributed by atoms with Crippen LogP contribution in [-0.4, -0.2) is 76.1 Å². The van der Waals surface area contributed by atoms with E-state index in [9.17, 15) is 4.79 Å². The van der Waals surface area contributed by atoms with Gasteiger partial charge in [-0.1, -0.05) is 24.3 Å². The number of nitrogens with one attached hydrogen (secondary N) is 1. The summed E-state index contributed by atoms with van der Waals surface area (Å²) in [7, 11) is 1.70. The molecule has 6 rings (SSSR count). The molecule has 4 aromatic rings. The fourth-order valence-corrected chi connectivity index (χ4v) is 5.92. The van der Waals surface area contributed by atoms with Gasteiger partial charge in [-0.05, 0) is 66.4 Å². The minimum Gasteiger partial charge on any atom is -0.495 e. The van der Waals surface area contributed by atoms with Gasteiger partial charge in [0, 0.05) is 43.7 Å². The largest absolute Gasteiger partial charge is 0.495 e. The number of tetrazole rings is 1. The lowest BCUT2D eigenvalue weighted by Crippen LogP contribution is -2.49. The fourth-order valence-electron chi connectivity index (χ4n) is 5.92. The number of piperazine rings is 1. The van der Waals surface area contributed by atoms with Crippen LogP contribution < -0.4 is 15.2 Å². The van der Waals surface area contributed by atoms with Gasteiger partial charge in [-0.3, -0.25) is 9.69 Å². The number of nitrogens with zero attached hydrogens (tertiary/aromatic N) is 6. The van der Waals surface area contributed by atoms with Gasteiger partial charge in [0.15, 0.2) is 5.82 Å². The third-order valence-electron chi connectivity index (χ3n) is 8.08. The number of aromatic nitrogens is 5. The van der Waals surface area contributed by atoms with Gasteiger partial charge < -0.3 is 19.4 Å². The van der Waals surface area contributed by atoms with E-state index in [0.29, 0.717) is 17.9 Å². The number of hydrogen-bond acceptors (Lipinski definition) is 8. The van der Waals surface area contributed by atoms with Gasteiger partial charge in [0.1, 0.15) is 11.8 Å². The van der Waals surface area contributed by atoms with Crippen LogP contribution in [0.1, 0.15) is 41.4 Å². The summed E-state index contributed by atoms with van der Waals surface area (Å²) in [5.41, 5.74) is 4.66. The Hall–Kier alpha value is -3.76. The molecule has 2 aliphatic rings. The van der Waals surface area contributed by atoms with Gasteiger partial charge in [-0.15, -0.1) is 5.10 Å². The molecular formula is C29H35N7O3. The van der Waals surface area contributed by atoms with Crippen molar-refractivity contribution in [3.05, 3.63) is 75.3 Å². The minimum atomic E-state index is -0.394. The number of aryl methyl sites for hydroxylation is 2. The lowest BCUT2D eigenvalue weighted by molar-refractivity contribution is 0.0906. The van der Waals surface area contributed by atoms with E-state index >= 15 is 0 Å². The molecule has 4 heterocycles.